The second-order valence-electron chi connectivity index (χ2n) is 3.46. The summed E-state index contributed by atoms with van der Waals surface area (Å²) in [5.41, 5.74) is 4.91. The Hall–Kier alpha value is -2.58. The third-order valence-corrected chi connectivity index (χ3v) is 1.79. The Morgan fingerprint density at radius 1 is 1.10 bits per heavy atom. The third-order valence-electron chi connectivity index (χ3n) is 1.79. The fourth-order valence-electron chi connectivity index (χ4n) is 0.914. The highest BCUT2D eigenvalue weighted by molar-refractivity contribution is 6.32. The molecule has 0 rings (SSSR count). The lowest BCUT2D eigenvalue weighted by atomic mass is 10.4. The van der Waals surface area contributed by atoms with Crippen LogP contribution < -0.4 is 5.73 Å². The predicted octanol–water partition coefficient (Wildman–Crippen LogP) is -0.492. The molecule has 0 aliphatic carbocycles. The first-order valence-electron chi connectivity index (χ1n) is 5.58. The maximum atomic E-state index is 11.4. The van der Waals surface area contributed by atoms with Gasteiger partial charge in [0.25, 0.3) is 0 Å². The number of amides is 2. The second-order valence-corrected chi connectivity index (χ2v) is 3.46. The second kappa shape index (κ2) is 8.51. The van der Waals surface area contributed by atoms with Crippen LogP contribution >= 0.6 is 0 Å². The Morgan fingerprint density at radius 2 is 1.60 bits per heavy atom. The minimum atomic E-state index is -1.26. The zero-order chi connectivity index (χ0) is 15.7. The first-order chi connectivity index (χ1) is 9.29. The van der Waals surface area contributed by atoms with E-state index < -0.39 is 23.9 Å². The van der Waals surface area contributed by atoms with Crippen molar-refractivity contribution in [1.29, 1.82) is 0 Å². The van der Waals surface area contributed by atoms with Crippen LogP contribution in [0.4, 0.5) is 4.79 Å². The molecule has 0 unspecified atom stereocenters. The first-order valence-corrected chi connectivity index (χ1v) is 5.58. The van der Waals surface area contributed by atoms with Crippen molar-refractivity contribution in [3.05, 3.63) is 12.2 Å². The topological polar surface area (TPSA) is 125 Å². The maximum Gasteiger partial charge on any atom is 0.429 e. The van der Waals surface area contributed by atoms with Crippen LogP contribution in [-0.2, 0) is 28.7 Å². The molecule has 0 bridgehead atoms. The minimum absolute atomic E-state index is 0.0818. The van der Waals surface area contributed by atoms with Gasteiger partial charge in [-0.25, -0.2) is 14.4 Å². The molecule has 112 valence electrons. The van der Waals surface area contributed by atoms with Gasteiger partial charge in [-0.05, 0) is 13.8 Å². The summed E-state index contributed by atoms with van der Waals surface area (Å²) in [5.74, 6) is -3.10. The van der Waals surface area contributed by atoms with Crippen molar-refractivity contribution in [2.45, 2.75) is 13.8 Å². The van der Waals surface area contributed by atoms with Crippen molar-refractivity contribution in [3.8, 4) is 0 Å². The van der Waals surface area contributed by atoms with Crippen LogP contribution in [-0.4, -0.2) is 48.8 Å². The minimum Gasteiger partial charge on any atom is -0.459 e. The number of rotatable bonds is 5. The van der Waals surface area contributed by atoms with Gasteiger partial charge in [-0.1, -0.05) is 6.58 Å². The van der Waals surface area contributed by atoms with E-state index in [-0.39, 0.29) is 25.3 Å². The van der Waals surface area contributed by atoms with Crippen molar-refractivity contribution in [1.82, 2.24) is 5.06 Å². The highest BCUT2D eigenvalue weighted by atomic mass is 16.7. The number of hydroxylamine groups is 2. The van der Waals surface area contributed by atoms with Crippen molar-refractivity contribution in [2.75, 3.05) is 19.8 Å². The van der Waals surface area contributed by atoms with Gasteiger partial charge in [0.2, 0.25) is 0 Å². The van der Waals surface area contributed by atoms with Gasteiger partial charge < -0.3 is 20.0 Å². The predicted molar refractivity (Wildman–Crippen MR) is 64.8 cm³/mol. The lowest BCUT2D eigenvalue weighted by Crippen LogP contribution is -2.40. The van der Waals surface area contributed by atoms with Crippen LogP contribution in [0.5, 0.6) is 0 Å². The molecule has 0 aromatic carbocycles. The summed E-state index contributed by atoms with van der Waals surface area (Å²) < 4.78 is 9.17. The van der Waals surface area contributed by atoms with Crippen molar-refractivity contribution < 1.29 is 33.5 Å². The van der Waals surface area contributed by atoms with E-state index in [0.717, 1.165) is 0 Å². The van der Waals surface area contributed by atoms with Gasteiger partial charge >= 0.3 is 23.9 Å². The van der Waals surface area contributed by atoms with Gasteiger partial charge in [-0.2, -0.15) is 5.06 Å². The van der Waals surface area contributed by atoms with E-state index in [1.807, 2.05) is 0 Å². The lowest BCUT2D eigenvalue weighted by Gasteiger charge is -2.16. The number of carbonyl (C=O) groups is 4. The van der Waals surface area contributed by atoms with Crippen molar-refractivity contribution >= 4 is 23.9 Å². The number of nitrogens with two attached hydrogens (primary N) is 1. The van der Waals surface area contributed by atoms with Gasteiger partial charge in [0, 0.05) is 5.57 Å². The highest BCUT2D eigenvalue weighted by Crippen LogP contribution is 1.96. The van der Waals surface area contributed by atoms with Crippen LogP contribution in [0, 0.1) is 0 Å². The van der Waals surface area contributed by atoms with Crippen molar-refractivity contribution in [3.63, 3.8) is 0 Å². The van der Waals surface area contributed by atoms with Gasteiger partial charge in [0.15, 0.2) is 0 Å². The smallest absolute Gasteiger partial charge is 0.429 e. The Bertz CT molecular complexity index is 419. The van der Waals surface area contributed by atoms with Crippen molar-refractivity contribution in [2.24, 2.45) is 5.73 Å². The molecular formula is C11H16N2O7. The Balaban J connectivity index is 4.13. The zero-order valence-electron chi connectivity index (χ0n) is 11.2. The van der Waals surface area contributed by atoms with Crippen LogP contribution in [0.25, 0.3) is 0 Å². The summed E-state index contributed by atoms with van der Waals surface area (Å²) in [6, 6.07) is 0. The van der Waals surface area contributed by atoms with E-state index in [1.54, 1.807) is 0 Å². The summed E-state index contributed by atoms with van der Waals surface area (Å²) >= 11 is 0. The molecule has 0 aliphatic rings. The molecule has 0 aliphatic heterocycles. The summed E-state index contributed by atoms with van der Waals surface area (Å²) in [6.07, 6.45) is -1.23. The number of primary amides is 1. The van der Waals surface area contributed by atoms with Crippen LogP contribution in [0.2, 0.25) is 0 Å². The molecule has 2 amide bonds. The van der Waals surface area contributed by atoms with Crippen LogP contribution in [0.1, 0.15) is 13.8 Å². The average Bonchev–Trinajstić information content (AvgIpc) is 2.39. The molecule has 0 spiro atoms. The largest absolute Gasteiger partial charge is 0.459 e. The van der Waals surface area contributed by atoms with Crippen LogP contribution in [0.3, 0.4) is 0 Å². The normalized spacial score (nSPS) is 9.30. The number of likely N-dealkylation sites (N-methyl/N-ethyl adjacent to an activating group) is 1. The Morgan fingerprint density at radius 3 is 2.00 bits per heavy atom. The molecule has 0 saturated heterocycles. The number of esters is 2. The third kappa shape index (κ3) is 6.38. The summed E-state index contributed by atoms with van der Waals surface area (Å²) in [7, 11) is 0. The molecule has 20 heavy (non-hydrogen) atoms. The fourth-order valence-corrected chi connectivity index (χ4v) is 0.914. The molecule has 0 aromatic rings. The van der Waals surface area contributed by atoms with Crippen LogP contribution in [0.15, 0.2) is 12.2 Å². The highest BCUT2D eigenvalue weighted by Gasteiger charge is 2.25. The molecule has 0 saturated carbocycles. The molecule has 0 aromatic heterocycles. The first kappa shape index (κ1) is 17.4. The standard InChI is InChI=1S/C11H16N2O7/c1-4-13(20-11(12)17)8(14)10(16)19-6-5-18-9(15)7(2)3/h2,4-6H2,1,3H3,(H2,12,17). The number of nitrogens with zero attached hydrogens (tertiary/aromatic N) is 1. The maximum absolute atomic E-state index is 11.4. The molecule has 9 heteroatoms. The molecule has 2 N–H and O–H groups in total. The summed E-state index contributed by atoms with van der Waals surface area (Å²) in [5, 5.41) is 0.449. The Kier molecular flexibility index (Phi) is 7.41. The molecule has 0 atom stereocenters. The summed E-state index contributed by atoms with van der Waals surface area (Å²) in [6.45, 7) is 5.64. The Labute approximate surface area is 115 Å². The van der Waals surface area contributed by atoms with E-state index in [9.17, 15) is 19.2 Å². The fraction of sp³-hybridized carbons (Fsp3) is 0.455. The lowest BCUT2D eigenvalue weighted by molar-refractivity contribution is -0.180. The number of ether oxygens (including phenoxy) is 2. The molecule has 0 radical (unpaired) electrons. The quantitative estimate of drug-likeness (QED) is 0.238. The number of hydrogen-bond acceptors (Lipinski definition) is 7. The van der Waals surface area contributed by atoms with Gasteiger partial charge in [-0.15, -0.1) is 0 Å². The van der Waals surface area contributed by atoms with E-state index >= 15 is 0 Å². The summed E-state index contributed by atoms with van der Waals surface area (Å²) in [4.78, 5) is 48.5. The number of carbonyl (C=O) groups excluding carboxylic acids is 4. The van der Waals surface area contributed by atoms with Gasteiger partial charge in [-0.3, -0.25) is 4.79 Å². The number of hydrogen-bond donors (Lipinski definition) is 1. The van der Waals surface area contributed by atoms with E-state index in [1.165, 1.54) is 13.8 Å². The monoisotopic (exact) mass is 288 g/mol. The van der Waals surface area contributed by atoms with Gasteiger partial charge in [0.05, 0.1) is 6.54 Å². The zero-order valence-corrected chi connectivity index (χ0v) is 11.2. The SMILES string of the molecule is C=C(C)C(=O)OCCOC(=O)C(=O)N(CC)OC(N)=O. The average molecular weight is 288 g/mol. The molecule has 9 nitrogen and oxygen atoms in total. The van der Waals surface area contributed by atoms with E-state index in [0.29, 0.717) is 5.06 Å². The molecule has 0 heterocycles. The molecule has 0 fully saturated rings. The van der Waals surface area contributed by atoms with E-state index in [4.69, 9.17) is 5.73 Å². The van der Waals surface area contributed by atoms with Gasteiger partial charge in [0.1, 0.15) is 13.2 Å². The molecular weight excluding hydrogens is 272 g/mol. The van der Waals surface area contributed by atoms with E-state index in [2.05, 4.69) is 20.9 Å².